The molecule has 2 rings (SSSR count). The SMILES string of the molecule is O=C(CF)c1ccc(F)c2ccccc12. The molecule has 76 valence electrons. The molecule has 0 unspecified atom stereocenters. The minimum absolute atomic E-state index is 0.231. The second-order valence-corrected chi connectivity index (χ2v) is 3.20. The number of benzene rings is 2. The molecule has 0 N–H and O–H groups in total. The quantitative estimate of drug-likeness (QED) is 0.690. The molecule has 0 spiro atoms. The summed E-state index contributed by atoms with van der Waals surface area (Å²) in [6.07, 6.45) is 0. The highest BCUT2D eigenvalue weighted by Gasteiger charge is 2.11. The van der Waals surface area contributed by atoms with Crippen LogP contribution < -0.4 is 0 Å². The summed E-state index contributed by atoms with van der Waals surface area (Å²) < 4.78 is 25.6. The molecule has 2 aromatic carbocycles. The molecule has 0 aliphatic rings. The predicted molar refractivity (Wildman–Crippen MR) is 54.2 cm³/mol. The van der Waals surface area contributed by atoms with E-state index in [0.29, 0.717) is 10.8 Å². The molecule has 3 heteroatoms. The van der Waals surface area contributed by atoms with E-state index in [1.807, 2.05) is 0 Å². The summed E-state index contributed by atoms with van der Waals surface area (Å²) in [7, 11) is 0. The van der Waals surface area contributed by atoms with Gasteiger partial charge in [-0.2, -0.15) is 0 Å². The summed E-state index contributed by atoms with van der Waals surface area (Å²) in [5.74, 6) is -1.02. The number of ketones is 1. The smallest absolute Gasteiger partial charge is 0.194 e. The van der Waals surface area contributed by atoms with Crippen LogP contribution in [0, 0.1) is 5.82 Å². The first kappa shape index (κ1) is 9.77. The lowest BCUT2D eigenvalue weighted by molar-refractivity contribution is 0.0960. The number of hydrogen-bond acceptors (Lipinski definition) is 1. The Labute approximate surface area is 85.3 Å². The Morgan fingerprint density at radius 3 is 2.40 bits per heavy atom. The highest BCUT2D eigenvalue weighted by molar-refractivity contribution is 6.08. The molecule has 0 radical (unpaired) electrons. The highest BCUT2D eigenvalue weighted by Crippen LogP contribution is 2.22. The fourth-order valence-corrected chi connectivity index (χ4v) is 1.58. The Kier molecular flexibility index (Phi) is 2.46. The maximum Gasteiger partial charge on any atom is 0.194 e. The molecule has 1 nitrogen and oxygen atoms in total. The Hall–Kier alpha value is -1.77. The van der Waals surface area contributed by atoms with Gasteiger partial charge in [0.1, 0.15) is 5.82 Å². The standard InChI is InChI=1S/C12H8F2O/c13-7-12(15)10-5-6-11(14)9-4-2-1-3-8(9)10/h1-6H,7H2. The van der Waals surface area contributed by atoms with Gasteiger partial charge in [0.05, 0.1) is 0 Å². The van der Waals surface area contributed by atoms with Gasteiger partial charge in [0.15, 0.2) is 12.5 Å². The summed E-state index contributed by atoms with van der Waals surface area (Å²) in [5.41, 5.74) is 0.231. The molecule has 0 heterocycles. The molecule has 0 aliphatic carbocycles. The zero-order valence-corrected chi connectivity index (χ0v) is 7.84. The minimum atomic E-state index is -1.06. The number of fused-ring (bicyclic) bond motifs is 1. The van der Waals surface area contributed by atoms with Crippen molar-refractivity contribution >= 4 is 16.6 Å². The maximum atomic E-state index is 13.3. The molecule has 0 amide bonds. The van der Waals surface area contributed by atoms with Crippen LogP contribution in [-0.2, 0) is 0 Å². The fourth-order valence-electron chi connectivity index (χ4n) is 1.58. The first-order chi connectivity index (χ1) is 7.24. The minimum Gasteiger partial charge on any atom is -0.291 e. The Morgan fingerprint density at radius 2 is 1.73 bits per heavy atom. The van der Waals surface area contributed by atoms with Crippen LogP contribution in [0.2, 0.25) is 0 Å². The molecule has 0 atom stereocenters. The van der Waals surface area contributed by atoms with Gasteiger partial charge in [-0.25, -0.2) is 8.78 Å². The topological polar surface area (TPSA) is 17.1 Å². The van der Waals surface area contributed by atoms with Crippen molar-refractivity contribution in [3.05, 3.63) is 47.8 Å². The highest BCUT2D eigenvalue weighted by atomic mass is 19.1. The van der Waals surface area contributed by atoms with Gasteiger partial charge < -0.3 is 0 Å². The van der Waals surface area contributed by atoms with Crippen LogP contribution >= 0.6 is 0 Å². The molecule has 15 heavy (non-hydrogen) atoms. The van der Waals surface area contributed by atoms with Crippen molar-refractivity contribution in [2.45, 2.75) is 0 Å². The summed E-state index contributed by atoms with van der Waals surface area (Å²) >= 11 is 0. The van der Waals surface area contributed by atoms with Gasteiger partial charge in [-0.05, 0) is 17.5 Å². The van der Waals surface area contributed by atoms with E-state index in [9.17, 15) is 13.6 Å². The van der Waals surface area contributed by atoms with Crippen LogP contribution in [0.1, 0.15) is 10.4 Å². The van der Waals surface area contributed by atoms with E-state index in [-0.39, 0.29) is 5.56 Å². The van der Waals surface area contributed by atoms with E-state index in [0.717, 1.165) is 0 Å². The third-order valence-corrected chi connectivity index (χ3v) is 2.29. The lowest BCUT2D eigenvalue weighted by Crippen LogP contribution is -2.02. The monoisotopic (exact) mass is 206 g/mol. The lowest BCUT2D eigenvalue weighted by atomic mass is 10.0. The zero-order valence-electron chi connectivity index (χ0n) is 7.84. The number of halogens is 2. The number of hydrogen-bond donors (Lipinski definition) is 0. The molecule has 0 fully saturated rings. The Balaban J connectivity index is 2.77. The van der Waals surface area contributed by atoms with Gasteiger partial charge in [-0.15, -0.1) is 0 Å². The summed E-state index contributed by atoms with van der Waals surface area (Å²) in [6, 6.07) is 9.05. The zero-order chi connectivity index (χ0) is 10.8. The van der Waals surface area contributed by atoms with Crippen LogP contribution in [0.25, 0.3) is 10.8 Å². The van der Waals surface area contributed by atoms with E-state index >= 15 is 0 Å². The third kappa shape index (κ3) is 1.61. The second kappa shape index (κ2) is 3.77. The van der Waals surface area contributed by atoms with Gasteiger partial charge in [0.25, 0.3) is 0 Å². The van der Waals surface area contributed by atoms with Crippen LogP contribution in [0.3, 0.4) is 0 Å². The first-order valence-corrected chi connectivity index (χ1v) is 4.50. The van der Waals surface area contributed by atoms with Gasteiger partial charge >= 0.3 is 0 Å². The van der Waals surface area contributed by atoms with Crippen LogP contribution in [0.4, 0.5) is 8.78 Å². The number of alkyl halides is 1. The van der Waals surface area contributed by atoms with E-state index in [1.165, 1.54) is 12.1 Å². The average Bonchev–Trinajstić information content (AvgIpc) is 2.29. The van der Waals surface area contributed by atoms with E-state index in [2.05, 4.69) is 0 Å². The Bertz CT molecular complexity index is 520. The number of rotatable bonds is 2. The van der Waals surface area contributed by atoms with Crippen molar-refractivity contribution in [2.75, 3.05) is 6.67 Å². The van der Waals surface area contributed by atoms with Crippen molar-refractivity contribution in [3.63, 3.8) is 0 Å². The van der Waals surface area contributed by atoms with Crippen LogP contribution in [-0.4, -0.2) is 12.5 Å². The predicted octanol–water partition coefficient (Wildman–Crippen LogP) is 3.13. The first-order valence-electron chi connectivity index (χ1n) is 4.50. The molecule has 0 bridgehead atoms. The van der Waals surface area contributed by atoms with E-state index < -0.39 is 18.3 Å². The summed E-state index contributed by atoms with van der Waals surface area (Å²) in [6.45, 7) is -1.06. The second-order valence-electron chi connectivity index (χ2n) is 3.20. The van der Waals surface area contributed by atoms with Crippen LogP contribution in [0.15, 0.2) is 36.4 Å². The van der Waals surface area contributed by atoms with Gasteiger partial charge in [-0.3, -0.25) is 4.79 Å². The molecule has 0 aliphatic heterocycles. The largest absolute Gasteiger partial charge is 0.291 e. The molecular formula is C12H8F2O. The molecule has 0 saturated carbocycles. The van der Waals surface area contributed by atoms with Crippen molar-refractivity contribution in [1.29, 1.82) is 0 Å². The number of carbonyl (C=O) groups is 1. The average molecular weight is 206 g/mol. The number of carbonyl (C=O) groups excluding carboxylic acids is 1. The molecule has 0 saturated heterocycles. The van der Waals surface area contributed by atoms with Gasteiger partial charge in [0.2, 0.25) is 0 Å². The van der Waals surface area contributed by atoms with Crippen molar-refractivity contribution in [2.24, 2.45) is 0 Å². The van der Waals surface area contributed by atoms with Gasteiger partial charge in [0, 0.05) is 10.9 Å². The fraction of sp³-hybridized carbons (Fsp3) is 0.0833. The lowest BCUT2D eigenvalue weighted by Gasteiger charge is -2.04. The van der Waals surface area contributed by atoms with Crippen molar-refractivity contribution in [1.82, 2.24) is 0 Å². The van der Waals surface area contributed by atoms with Crippen molar-refractivity contribution in [3.8, 4) is 0 Å². The van der Waals surface area contributed by atoms with E-state index in [1.54, 1.807) is 24.3 Å². The Morgan fingerprint density at radius 1 is 1.07 bits per heavy atom. The maximum absolute atomic E-state index is 13.3. The summed E-state index contributed by atoms with van der Waals surface area (Å²) in [4.78, 5) is 11.2. The van der Waals surface area contributed by atoms with Gasteiger partial charge in [-0.1, -0.05) is 24.3 Å². The van der Waals surface area contributed by atoms with Crippen LogP contribution in [0.5, 0.6) is 0 Å². The molecule has 2 aromatic rings. The normalized spacial score (nSPS) is 10.5. The molecule has 0 aromatic heterocycles. The van der Waals surface area contributed by atoms with Crippen molar-refractivity contribution < 1.29 is 13.6 Å². The summed E-state index contributed by atoms with van der Waals surface area (Å²) in [5, 5.41) is 0.803. The van der Waals surface area contributed by atoms with E-state index in [4.69, 9.17) is 0 Å². The molecular weight excluding hydrogens is 198 g/mol. The number of Topliss-reactive ketones (excluding diaryl/α,β-unsaturated/α-hetero) is 1. The third-order valence-electron chi connectivity index (χ3n) is 2.29.